The largest absolute Gasteiger partial charge is 0.380 e. The summed E-state index contributed by atoms with van der Waals surface area (Å²) in [6.07, 6.45) is 0.880. The van der Waals surface area contributed by atoms with E-state index in [-0.39, 0.29) is 30.1 Å². The third-order valence-electron chi connectivity index (χ3n) is 2.47. The van der Waals surface area contributed by atoms with E-state index in [1.807, 2.05) is 0 Å². The second-order valence-corrected chi connectivity index (χ2v) is 3.68. The maximum atomic E-state index is 13.6. The van der Waals surface area contributed by atoms with Gasteiger partial charge in [-0.05, 0) is 11.5 Å². The van der Waals surface area contributed by atoms with Gasteiger partial charge >= 0.3 is 0 Å². The van der Waals surface area contributed by atoms with Crippen LogP contribution in [0.1, 0.15) is 30.4 Å². The van der Waals surface area contributed by atoms with Crippen LogP contribution in [0.4, 0.5) is 8.78 Å². The maximum Gasteiger partial charge on any atom is 0.164 e. The topological polar surface area (TPSA) is 26.3 Å². The molecule has 0 saturated carbocycles. The number of hydrogen-bond donors (Lipinski definition) is 0. The van der Waals surface area contributed by atoms with Crippen molar-refractivity contribution in [1.29, 1.82) is 0 Å². The van der Waals surface area contributed by atoms with Gasteiger partial charge in [0.25, 0.3) is 0 Å². The molecule has 1 aromatic carbocycles. The van der Waals surface area contributed by atoms with E-state index in [0.717, 1.165) is 0 Å². The average molecular weight is 228 g/mol. The van der Waals surface area contributed by atoms with Crippen LogP contribution in [0, 0.1) is 11.6 Å². The van der Waals surface area contributed by atoms with Gasteiger partial charge in [-0.1, -0.05) is 19.1 Å². The van der Waals surface area contributed by atoms with E-state index in [9.17, 15) is 13.6 Å². The van der Waals surface area contributed by atoms with Crippen molar-refractivity contribution >= 4 is 6.29 Å². The molecular formula is C12H14F2O2. The Morgan fingerprint density at radius 1 is 1.38 bits per heavy atom. The van der Waals surface area contributed by atoms with Crippen molar-refractivity contribution in [2.24, 2.45) is 0 Å². The van der Waals surface area contributed by atoms with Crippen molar-refractivity contribution < 1.29 is 18.3 Å². The second-order valence-electron chi connectivity index (χ2n) is 3.68. The molecule has 0 bridgehead atoms. The first kappa shape index (κ1) is 12.8. The van der Waals surface area contributed by atoms with E-state index >= 15 is 0 Å². The Hall–Kier alpha value is -1.29. The number of carbonyl (C=O) groups is 1. The smallest absolute Gasteiger partial charge is 0.164 e. The van der Waals surface area contributed by atoms with Crippen LogP contribution in [-0.2, 0) is 16.1 Å². The van der Waals surface area contributed by atoms with Crippen molar-refractivity contribution in [2.75, 3.05) is 7.11 Å². The highest BCUT2D eigenvalue weighted by Crippen LogP contribution is 2.25. The summed E-state index contributed by atoms with van der Waals surface area (Å²) in [7, 11) is 1.42. The van der Waals surface area contributed by atoms with Crippen molar-refractivity contribution in [3.63, 3.8) is 0 Å². The van der Waals surface area contributed by atoms with Gasteiger partial charge in [-0.3, -0.25) is 0 Å². The Morgan fingerprint density at radius 3 is 2.62 bits per heavy atom. The zero-order chi connectivity index (χ0) is 12.1. The highest BCUT2D eigenvalue weighted by Gasteiger charge is 2.17. The van der Waals surface area contributed by atoms with Crippen LogP contribution < -0.4 is 0 Å². The Morgan fingerprint density at radius 2 is 2.06 bits per heavy atom. The fourth-order valence-corrected chi connectivity index (χ4v) is 1.52. The number of benzene rings is 1. The molecule has 0 amide bonds. The van der Waals surface area contributed by atoms with Crippen LogP contribution in [0.15, 0.2) is 12.1 Å². The zero-order valence-electron chi connectivity index (χ0n) is 9.30. The molecule has 0 fully saturated rings. The fourth-order valence-electron chi connectivity index (χ4n) is 1.52. The molecule has 16 heavy (non-hydrogen) atoms. The zero-order valence-corrected chi connectivity index (χ0v) is 9.30. The van der Waals surface area contributed by atoms with Crippen LogP contribution in [-0.4, -0.2) is 13.4 Å². The van der Waals surface area contributed by atoms with Crippen LogP contribution >= 0.6 is 0 Å². The summed E-state index contributed by atoms with van der Waals surface area (Å²) in [5, 5.41) is 0. The second kappa shape index (κ2) is 5.70. The van der Waals surface area contributed by atoms with Crippen LogP contribution in [0.25, 0.3) is 0 Å². The molecule has 0 radical (unpaired) electrons. The highest BCUT2D eigenvalue weighted by molar-refractivity contribution is 5.51. The minimum Gasteiger partial charge on any atom is -0.380 e. The van der Waals surface area contributed by atoms with E-state index in [4.69, 9.17) is 4.74 Å². The molecule has 1 atom stereocenters. The molecular weight excluding hydrogens is 214 g/mol. The molecule has 2 nitrogen and oxygen atoms in total. The molecule has 0 saturated heterocycles. The summed E-state index contributed by atoms with van der Waals surface area (Å²) in [6, 6.07) is 2.99. The van der Waals surface area contributed by atoms with E-state index in [1.165, 1.54) is 19.2 Å². The molecule has 0 N–H and O–H groups in total. The number of carbonyl (C=O) groups excluding carboxylic acids is 1. The fraction of sp³-hybridized carbons (Fsp3) is 0.417. The predicted molar refractivity (Wildman–Crippen MR) is 56.2 cm³/mol. The Kier molecular flexibility index (Phi) is 4.55. The molecule has 0 aromatic heterocycles. The monoisotopic (exact) mass is 228 g/mol. The van der Waals surface area contributed by atoms with Crippen LogP contribution in [0.3, 0.4) is 0 Å². The SMILES string of the molecule is COCc1ccc(C(C)CC=O)c(F)c1F. The standard InChI is InChI=1S/C12H14F2O2/c1-8(5-6-15)10-4-3-9(7-16-2)11(13)12(10)14/h3-4,6,8H,5,7H2,1-2H3. The summed E-state index contributed by atoms with van der Waals surface area (Å²) in [6.45, 7) is 1.72. The van der Waals surface area contributed by atoms with Crippen molar-refractivity contribution in [3.05, 3.63) is 34.9 Å². The molecule has 88 valence electrons. The van der Waals surface area contributed by atoms with Gasteiger partial charge in [0.2, 0.25) is 0 Å². The number of methoxy groups -OCH3 is 1. The van der Waals surface area contributed by atoms with Gasteiger partial charge in [-0.25, -0.2) is 8.78 Å². The predicted octanol–water partition coefficient (Wildman–Crippen LogP) is 2.80. The summed E-state index contributed by atoms with van der Waals surface area (Å²) in [4.78, 5) is 10.3. The Bertz CT molecular complexity index is 378. The van der Waals surface area contributed by atoms with Crippen molar-refractivity contribution in [3.8, 4) is 0 Å². The average Bonchev–Trinajstić information content (AvgIpc) is 2.25. The maximum absolute atomic E-state index is 13.6. The van der Waals surface area contributed by atoms with Gasteiger partial charge in [0.1, 0.15) is 6.29 Å². The van der Waals surface area contributed by atoms with Gasteiger partial charge in [-0.2, -0.15) is 0 Å². The third-order valence-corrected chi connectivity index (χ3v) is 2.47. The van der Waals surface area contributed by atoms with E-state index in [0.29, 0.717) is 6.29 Å². The normalized spacial score (nSPS) is 12.5. The van der Waals surface area contributed by atoms with Gasteiger partial charge < -0.3 is 9.53 Å². The third kappa shape index (κ3) is 2.64. The summed E-state index contributed by atoms with van der Waals surface area (Å²) >= 11 is 0. The molecule has 4 heteroatoms. The number of halogens is 2. The minimum atomic E-state index is -0.892. The van der Waals surface area contributed by atoms with E-state index < -0.39 is 11.6 Å². The number of hydrogen-bond acceptors (Lipinski definition) is 2. The molecule has 0 heterocycles. The first-order valence-electron chi connectivity index (χ1n) is 5.01. The molecule has 1 rings (SSSR count). The summed E-state index contributed by atoms with van der Waals surface area (Å²) in [5.41, 5.74) is 0.409. The number of rotatable bonds is 5. The Labute approximate surface area is 93.2 Å². The summed E-state index contributed by atoms with van der Waals surface area (Å²) < 4.78 is 31.9. The lowest BCUT2D eigenvalue weighted by atomic mass is 9.96. The van der Waals surface area contributed by atoms with Crippen molar-refractivity contribution in [1.82, 2.24) is 0 Å². The van der Waals surface area contributed by atoms with Gasteiger partial charge in [0.15, 0.2) is 11.6 Å². The lowest BCUT2D eigenvalue weighted by molar-refractivity contribution is -0.108. The number of ether oxygens (including phenoxy) is 1. The first-order valence-corrected chi connectivity index (χ1v) is 5.01. The van der Waals surface area contributed by atoms with Crippen LogP contribution in [0.5, 0.6) is 0 Å². The van der Waals surface area contributed by atoms with E-state index in [1.54, 1.807) is 6.92 Å². The van der Waals surface area contributed by atoms with Gasteiger partial charge in [-0.15, -0.1) is 0 Å². The first-order chi connectivity index (χ1) is 7.61. The van der Waals surface area contributed by atoms with E-state index in [2.05, 4.69) is 0 Å². The minimum absolute atomic E-state index is 0.0328. The lowest BCUT2D eigenvalue weighted by Gasteiger charge is -2.12. The molecule has 1 unspecified atom stereocenters. The molecule has 1 aromatic rings. The van der Waals surface area contributed by atoms with Gasteiger partial charge in [0, 0.05) is 19.1 Å². The highest BCUT2D eigenvalue weighted by atomic mass is 19.2. The molecule has 0 spiro atoms. The van der Waals surface area contributed by atoms with Gasteiger partial charge in [0.05, 0.1) is 6.61 Å². The Balaban J connectivity index is 3.05. The van der Waals surface area contributed by atoms with Crippen molar-refractivity contribution in [2.45, 2.75) is 25.9 Å². The lowest BCUT2D eigenvalue weighted by Crippen LogP contribution is -2.04. The molecule has 0 aliphatic rings. The number of aldehydes is 1. The summed E-state index contributed by atoms with van der Waals surface area (Å²) in [5.74, 6) is -2.09. The van der Waals surface area contributed by atoms with Crippen LogP contribution in [0.2, 0.25) is 0 Å². The quantitative estimate of drug-likeness (QED) is 0.724. The molecule has 0 aliphatic heterocycles. The molecule has 0 aliphatic carbocycles.